The summed E-state index contributed by atoms with van der Waals surface area (Å²) >= 11 is 0. The van der Waals surface area contributed by atoms with Gasteiger partial charge in [-0.05, 0) is 45.4 Å². The van der Waals surface area contributed by atoms with E-state index < -0.39 is 0 Å². The number of alkyl carbamates (subject to hydrolysis) is 1. The fraction of sp³-hybridized carbons (Fsp3) is 0.500. The largest absolute Gasteiger partial charge is 0.448 e. The smallest absolute Gasteiger partial charge is 0.407 e. The Morgan fingerprint density at radius 1 is 1.31 bits per heavy atom. The first-order valence-electron chi connectivity index (χ1n) is 9.42. The number of aromatic nitrogens is 2. The summed E-state index contributed by atoms with van der Waals surface area (Å²) < 4.78 is 7.32. The highest BCUT2D eigenvalue weighted by atomic mass is 16.5. The molecule has 1 atom stereocenters. The van der Waals surface area contributed by atoms with E-state index in [0.717, 1.165) is 30.9 Å². The quantitative estimate of drug-likeness (QED) is 0.863. The van der Waals surface area contributed by atoms with Crippen LogP contribution in [0.15, 0.2) is 36.5 Å². The van der Waals surface area contributed by atoms with E-state index in [9.17, 15) is 4.79 Å². The SMILES string of the molecule is CCNC(=O)OCC1CCCCN1Cc1cn(-c2ccccc2)nc1C. The van der Waals surface area contributed by atoms with Crippen LogP contribution in [0.4, 0.5) is 4.79 Å². The van der Waals surface area contributed by atoms with Crippen LogP contribution < -0.4 is 5.32 Å². The Labute approximate surface area is 155 Å². The topological polar surface area (TPSA) is 59.4 Å². The average Bonchev–Trinajstić information content (AvgIpc) is 3.03. The molecule has 26 heavy (non-hydrogen) atoms. The zero-order chi connectivity index (χ0) is 18.4. The van der Waals surface area contributed by atoms with Gasteiger partial charge in [-0.1, -0.05) is 24.6 Å². The van der Waals surface area contributed by atoms with Crippen LogP contribution in [0.5, 0.6) is 0 Å². The number of benzene rings is 1. The second kappa shape index (κ2) is 8.85. The molecule has 1 unspecified atom stereocenters. The zero-order valence-corrected chi connectivity index (χ0v) is 15.6. The van der Waals surface area contributed by atoms with Crippen molar-refractivity contribution in [1.82, 2.24) is 20.0 Å². The van der Waals surface area contributed by atoms with Crippen LogP contribution in [-0.4, -0.2) is 46.5 Å². The minimum Gasteiger partial charge on any atom is -0.448 e. The lowest BCUT2D eigenvalue weighted by Crippen LogP contribution is -2.43. The van der Waals surface area contributed by atoms with Gasteiger partial charge in [0.05, 0.1) is 11.4 Å². The van der Waals surface area contributed by atoms with Crippen molar-refractivity contribution in [2.45, 2.75) is 45.7 Å². The summed E-state index contributed by atoms with van der Waals surface area (Å²) in [7, 11) is 0. The van der Waals surface area contributed by atoms with Crippen molar-refractivity contribution in [3.63, 3.8) is 0 Å². The van der Waals surface area contributed by atoms with E-state index in [1.807, 2.05) is 29.8 Å². The van der Waals surface area contributed by atoms with Crippen molar-refractivity contribution >= 4 is 6.09 Å². The molecule has 1 aromatic carbocycles. The number of ether oxygens (including phenoxy) is 1. The highest BCUT2D eigenvalue weighted by Crippen LogP contribution is 2.22. The lowest BCUT2D eigenvalue weighted by atomic mass is 10.0. The monoisotopic (exact) mass is 356 g/mol. The molecule has 1 aliphatic rings. The third-order valence-corrected chi connectivity index (χ3v) is 4.87. The zero-order valence-electron chi connectivity index (χ0n) is 15.6. The maximum absolute atomic E-state index is 11.6. The number of hydrogen-bond donors (Lipinski definition) is 1. The Hall–Kier alpha value is -2.34. The molecule has 6 heteroatoms. The van der Waals surface area contributed by atoms with Gasteiger partial charge in [0, 0.05) is 30.9 Å². The molecule has 0 spiro atoms. The Morgan fingerprint density at radius 2 is 2.12 bits per heavy atom. The fourth-order valence-corrected chi connectivity index (χ4v) is 3.41. The summed E-state index contributed by atoms with van der Waals surface area (Å²) in [4.78, 5) is 14.0. The van der Waals surface area contributed by atoms with Gasteiger partial charge in [-0.25, -0.2) is 9.48 Å². The van der Waals surface area contributed by atoms with Crippen molar-refractivity contribution in [3.8, 4) is 5.69 Å². The normalized spacial score (nSPS) is 17.8. The van der Waals surface area contributed by atoms with Gasteiger partial charge in [-0.15, -0.1) is 0 Å². The Kier molecular flexibility index (Phi) is 6.28. The Bertz CT molecular complexity index is 714. The Balaban J connectivity index is 1.66. The molecule has 0 bridgehead atoms. The summed E-state index contributed by atoms with van der Waals surface area (Å²) in [5, 5.41) is 7.35. The maximum atomic E-state index is 11.6. The van der Waals surface area contributed by atoms with Crippen LogP contribution in [0.3, 0.4) is 0 Å². The number of hydrogen-bond acceptors (Lipinski definition) is 4. The van der Waals surface area contributed by atoms with E-state index in [4.69, 9.17) is 4.74 Å². The van der Waals surface area contributed by atoms with Crippen molar-refractivity contribution in [3.05, 3.63) is 47.8 Å². The summed E-state index contributed by atoms with van der Waals surface area (Å²) in [5.41, 5.74) is 3.33. The number of carbonyl (C=O) groups excluding carboxylic acids is 1. The van der Waals surface area contributed by atoms with Crippen LogP contribution in [0.2, 0.25) is 0 Å². The van der Waals surface area contributed by atoms with E-state index in [2.05, 4.69) is 40.6 Å². The lowest BCUT2D eigenvalue weighted by Gasteiger charge is -2.35. The summed E-state index contributed by atoms with van der Waals surface area (Å²) in [5.74, 6) is 0. The number of aryl methyl sites for hydroxylation is 1. The molecule has 1 aliphatic heterocycles. The van der Waals surface area contributed by atoms with Gasteiger partial charge in [0.2, 0.25) is 0 Å². The van der Waals surface area contributed by atoms with E-state index >= 15 is 0 Å². The molecule has 0 aliphatic carbocycles. The van der Waals surface area contributed by atoms with Crippen molar-refractivity contribution in [2.24, 2.45) is 0 Å². The number of nitrogens with zero attached hydrogens (tertiary/aromatic N) is 3. The molecule has 6 nitrogen and oxygen atoms in total. The lowest BCUT2D eigenvalue weighted by molar-refractivity contribution is 0.0641. The first-order chi connectivity index (χ1) is 12.7. The molecule has 3 rings (SSSR count). The highest BCUT2D eigenvalue weighted by molar-refractivity contribution is 5.66. The third-order valence-electron chi connectivity index (χ3n) is 4.87. The predicted molar refractivity (Wildman–Crippen MR) is 101 cm³/mol. The van der Waals surface area contributed by atoms with Crippen molar-refractivity contribution in [1.29, 1.82) is 0 Å². The third kappa shape index (κ3) is 4.64. The standard InChI is InChI=1S/C20H28N4O2/c1-3-21-20(25)26-15-19-11-7-8-12-23(19)13-17-14-24(22-16(17)2)18-9-5-4-6-10-18/h4-6,9-10,14,19H,3,7-8,11-13,15H2,1-2H3,(H,21,25). The number of amides is 1. The first-order valence-corrected chi connectivity index (χ1v) is 9.42. The van der Waals surface area contributed by atoms with Gasteiger partial charge in [0.15, 0.2) is 0 Å². The van der Waals surface area contributed by atoms with Crippen LogP contribution in [0.25, 0.3) is 5.69 Å². The second-order valence-electron chi connectivity index (χ2n) is 6.77. The second-order valence-corrected chi connectivity index (χ2v) is 6.77. The van der Waals surface area contributed by atoms with Crippen LogP contribution in [0.1, 0.15) is 37.4 Å². The van der Waals surface area contributed by atoms with E-state index in [1.165, 1.54) is 18.4 Å². The number of rotatable bonds is 6. The molecule has 0 saturated carbocycles. The fourth-order valence-electron chi connectivity index (χ4n) is 3.41. The minimum atomic E-state index is -0.328. The Morgan fingerprint density at radius 3 is 2.88 bits per heavy atom. The van der Waals surface area contributed by atoms with E-state index in [1.54, 1.807) is 0 Å². The molecule has 1 aromatic heterocycles. The van der Waals surface area contributed by atoms with Crippen molar-refractivity contribution < 1.29 is 9.53 Å². The number of para-hydroxylation sites is 1. The van der Waals surface area contributed by atoms with Gasteiger partial charge in [-0.2, -0.15) is 5.10 Å². The minimum absolute atomic E-state index is 0.269. The van der Waals surface area contributed by atoms with E-state index in [0.29, 0.717) is 13.2 Å². The van der Waals surface area contributed by atoms with Crippen LogP contribution in [0, 0.1) is 6.92 Å². The molecular formula is C20H28N4O2. The molecule has 140 valence electrons. The average molecular weight is 356 g/mol. The molecule has 1 amide bonds. The van der Waals surface area contributed by atoms with Gasteiger partial charge >= 0.3 is 6.09 Å². The van der Waals surface area contributed by atoms with E-state index in [-0.39, 0.29) is 12.1 Å². The van der Waals surface area contributed by atoms with Crippen LogP contribution >= 0.6 is 0 Å². The summed E-state index contributed by atoms with van der Waals surface area (Å²) in [6, 6.07) is 10.4. The predicted octanol–water partition coefficient (Wildman–Crippen LogP) is 3.28. The van der Waals surface area contributed by atoms with Gasteiger partial charge in [-0.3, -0.25) is 4.90 Å². The first kappa shape index (κ1) is 18.5. The molecule has 1 fully saturated rings. The van der Waals surface area contributed by atoms with Gasteiger partial charge in [0.1, 0.15) is 6.61 Å². The molecule has 2 heterocycles. The summed E-state index contributed by atoms with van der Waals surface area (Å²) in [6.07, 6.45) is 5.21. The number of piperidine rings is 1. The number of carbonyl (C=O) groups is 1. The van der Waals surface area contributed by atoms with Gasteiger partial charge < -0.3 is 10.1 Å². The highest BCUT2D eigenvalue weighted by Gasteiger charge is 2.25. The molecule has 1 N–H and O–H groups in total. The summed E-state index contributed by atoms with van der Waals surface area (Å²) in [6.45, 7) is 6.84. The number of likely N-dealkylation sites (tertiary alicyclic amines) is 1. The molecular weight excluding hydrogens is 328 g/mol. The van der Waals surface area contributed by atoms with Crippen LogP contribution in [-0.2, 0) is 11.3 Å². The van der Waals surface area contributed by atoms with Crippen molar-refractivity contribution in [2.75, 3.05) is 19.7 Å². The number of nitrogens with one attached hydrogen (secondary N) is 1. The molecule has 1 saturated heterocycles. The molecule has 2 aromatic rings. The molecule has 0 radical (unpaired) electrons. The van der Waals surface area contributed by atoms with Gasteiger partial charge in [0.25, 0.3) is 0 Å². The maximum Gasteiger partial charge on any atom is 0.407 e.